The van der Waals surface area contributed by atoms with Crippen molar-refractivity contribution in [3.05, 3.63) is 35.9 Å². The molecule has 8 atom stereocenters. The van der Waals surface area contributed by atoms with E-state index in [0.29, 0.717) is 6.42 Å². The summed E-state index contributed by atoms with van der Waals surface area (Å²) in [6.07, 6.45) is -0.0915. The van der Waals surface area contributed by atoms with Gasteiger partial charge in [0, 0.05) is 30.3 Å². The number of thiol groups is 1. The molecule has 0 aromatic heterocycles. The molecular weight excluding hydrogens is 859 g/mol. The maximum atomic E-state index is 13.9. The average Bonchev–Trinajstić information content (AvgIpc) is 3.70. The fourth-order valence-electron chi connectivity index (χ4n) is 6.16. The summed E-state index contributed by atoms with van der Waals surface area (Å²) in [4.78, 5) is 123. The Kier molecular flexibility index (Phi) is 20.4. The first kappa shape index (κ1) is 50.1. The Labute approximate surface area is 364 Å². The molecule has 22 nitrogen and oxygen atoms in total. The van der Waals surface area contributed by atoms with E-state index in [9.17, 15) is 53.4 Å². The van der Waals surface area contributed by atoms with Gasteiger partial charge in [-0.3, -0.25) is 43.3 Å². The topological polar surface area (TPSA) is 360 Å². The lowest BCUT2D eigenvalue weighted by Crippen LogP contribution is -2.60. The zero-order valence-corrected chi connectivity index (χ0v) is 35.8. The molecular formula is C36H53N11O11S3. The molecule has 0 aliphatic carbocycles. The molecule has 14 N–H and O–H groups in total. The van der Waals surface area contributed by atoms with E-state index in [2.05, 4.69) is 49.5 Å². The number of carbonyl (C=O) groups is 9. The van der Waals surface area contributed by atoms with Gasteiger partial charge in [0.15, 0.2) is 5.96 Å². The first-order valence-corrected chi connectivity index (χ1v) is 22.3. The number of hydrogen-bond acceptors (Lipinski definition) is 14. The minimum absolute atomic E-state index is 0.0398. The van der Waals surface area contributed by atoms with E-state index in [0.717, 1.165) is 32.1 Å². The second-order valence-corrected chi connectivity index (χ2v) is 17.1. The van der Waals surface area contributed by atoms with Crippen molar-refractivity contribution in [2.75, 3.05) is 30.3 Å². The first-order chi connectivity index (χ1) is 28.9. The molecule has 1 aromatic rings. The van der Waals surface area contributed by atoms with Crippen LogP contribution < -0.4 is 49.1 Å². The molecule has 2 aliphatic heterocycles. The van der Waals surface area contributed by atoms with Gasteiger partial charge in [-0.05, 0) is 44.6 Å². The minimum atomic E-state index is -1.67. The molecule has 7 amide bonds. The van der Waals surface area contributed by atoms with Crippen molar-refractivity contribution in [1.82, 2.24) is 36.8 Å². The number of benzene rings is 1. The van der Waals surface area contributed by atoms with Crippen molar-refractivity contribution in [3.63, 3.8) is 0 Å². The number of rotatable bonds is 18. The molecule has 61 heavy (non-hydrogen) atoms. The van der Waals surface area contributed by atoms with Crippen molar-refractivity contribution >= 4 is 93.5 Å². The van der Waals surface area contributed by atoms with Crippen LogP contribution in [0.1, 0.15) is 44.6 Å². The van der Waals surface area contributed by atoms with Crippen LogP contribution >= 0.6 is 34.2 Å². The summed E-state index contributed by atoms with van der Waals surface area (Å²) in [5.74, 6) is -9.31. The lowest BCUT2D eigenvalue weighted by atomic mass is 10.1. The highest BCUT2D eigenvalue weighted by molar-refractivity contribution is 8.76. The summed E-state index contributed by atoms with van der Waals surface area (Å²) in [6.45, 7) is 1.41. The fourth-order valence-corrected chi connectivity index (χ4v) is 8.74. The summed E-state index contributed by atoms with van der Waals surface area (Å²) >= 11 is 4.17. The second kappa shape index (κ2) is 24.9. The Morgan fingerprint density at radius 1 is 0.918 bits per heavy atom. The molecule has 2 fully saturated rings. The van der Waals surface area contributed by atoms with Gasteiger partial charge in [0.05, 0.1) is 12.5 Å². The molecule has 25 heteroatoms. The summed E-state index contributed by atoms with van der Waals surface area (Å²) in [5.41, 5.74) is 17.7. The van der Waals surface area contributed by atoms with Crippen molar-refractivity contribution < 1.29 is 53.4 Å². The normalized spacial score (nSPS) is 21.7. The van der Waals surface area contributed by atoms with E-state index >= 15 is 0 Å². The molecule has 2 aliphatic rings. The van der Waals surface area contributed by atoms with E-state index < -0.39 is 108 Å². The molecule has 336 valence electrons. The second-order valence-electron chi connectivity index (χ2n) is 14.2. The molecule has 0 saturated carbocycles. The summed E-state index contributed by atoms with van der Waals surface area (Å²) in [5, 5.41) is 34.3. The largest absolute Gasteiger partial charge is 0.481 e. The number of nitrogens with zero attached hydrogens (tertiary/aromatic N) is 2. The first-order valence-electron chi connectivity index (χ1n) is 19.2. The van der Waals surface area contributed by atoms with Crippen LogP contribution in [0.5, 0.6) is 0 Å². The molecule has 0 radical (unpaired) electrons. The minimum Gasteiger partial charge on any atom is -0.481 e. The lowest BCUT2D eigenvalue weighted by molar-refractivity contribution is -0.147. The molecule has 2 heterocycles. The van der Waals surface area contributed by atoms with Crippen LogP contribution in [0.3, 0.4) is 0 Å². The van der Waals surface area contributed by atoms with Crippen LogP contribution in [0.2, 0.25) is 0 Å². The van der Waals surface area contributed by atoms with E-state index in [1.54, 1.807) is 24.3 Å². The zero-order chi connectivity index (χ0) is 45.2. The van der Waals surface area contributed by atoms with Gasteiger partial charge in [-0.2, -0.15) is 12.6 Å². The van der Waals surface area contributed by atoms with Crippen LogP contribution in [0.4, 0.5) is 0 Å². The summed E-state index contributed by atoms with van der Waals surface area (Å²) in [6, 6.07) is -1.46. The Hall–Kier alpha value is -5.27. The number of aliphatic carboxylic acids is 2. The maximum absolute atomic E-state index is 13.9. The van der Waals surface area contributed by atoms with Crippen molar-refractivity contribution in [2.24, 2.45) is 22.2 Å². The van der Waals surface area contributed by atoms with Crippen LogP contribution in [-0.4, -0.2) is 153 Å². The SMILES string of the molecule is C[C@H](NC(=O)[C@H](CS)NC(=O)[C@@H](N)Cc1ccccc1)C(=O)N[C@@H](CCCN=C(N)N)C(=O)N[C@H]1CSSC[C@@H](C(=O)O)NC(=O)[C@@H]2CCCN2C(=O)[C@H](CC(=O)O)NC1=O. The van der Waals surface area contributed by atoms with Crippen LogP contribution in [-0.2, 0) is 49.6 Å². The monoisotopic (exact) mass is 911 g/mol. The Bertz CT molecular complexity index is 1790. The maximum Gasteiger partial charge on any atom is 0.327 e. The number of nitrogens with two attached hydrogens (primary N) is 3. The van der Waals surface area contributed by atoms with Gasteiger partial charge in [0.1, 0.15) is 42.3 Å². The predicted octanol–water partition coefficient (Wildman–Crippen LogP) is -3.59. The van der Waals surface area contributed by atoms with E-state index in [1.807, 2.05) is 6.07 Å². The summed E-state index contributed by atoms with van der Waals surface area (Å²) < 4.78 is 0. The highest BCUT2D eigenvalue weighted by Crippen LogP contribution is 2.25. The predicted molar refractivity (Wildman–Crippen MR) is 229 cm³/mol. The van der Waals surface area contributed by atoms with Crippen molar-refractivity contribution in [3.8, 4) is 0 Å². The molecule has 2 saturated heterocycles. The van der Waals surface area contributed by atoms with E-state index in [-0.39, 0.29) is 62.0 Å². The molecule has 0 unspecified atom stereocenters. The Morgan fingerprint density at radius 3 is 2.23 bits per heavy atom. The molecule has 1 aromatic carbocycles. The van der Waals surface area contributed by atoms with Gasteiger partial charge >= 0.3 is 11.9 Å². The summed E-state index contributed by atoms with van der Waals surface area (Å²) in [7, 11) is 1.93. The highest BCUT2D eigenvalue weighted by atomic mass is 33.1. The van der Waals surface area contributed by atoms with Gasteiger partial charge < -0.3 is 64.2 Å². The lowest BCUT2D eigenvalue weighted by Gasteiger charge is -2.30. The highest BCUT2D eigenvalue weighted by Gasteiger charge is 2.41. The fraction of sp³-hybridized carbons (Fsp3) is 0.556. The third-order valence-corrected chi connectivity index (χ3v) is 12.2. The van der Waals surface area contributed by atoms with Crippen molar-refractivity contribution in [2.45, 2.75) is 93.8 Å². The van der Waals surface area contributed by atoms with Gasteiger partial charge in [0.2, 0.25) is 41.4 Å². The molecule has 0 bridgehead atoms. The van der Waals surface area contributed by atoms with E-state index in [1.165, 1.54) is 6.92 Å². The zero-order valence-electron chi connectivity index (χ0n) is 33.2. The number of nitrogens with one attached hydrogen (secondary N) is 6. The molecule has 0 spiro atoms. The number of guanidine groups is 1. The number of fused-ring (bicyclic) bond motifs is 1. The van der Waals surface area contributed by atoms with Gasteiger partial charge in [-0.15, -0.1) is 0 Å². The quantitative estimate of drug-likeness (QED) is 0.0223. The van der Waals surface area contributed by atoms with Gasteiger partial charge in [-0.1, -0.05) is 51.9 Å². The Balaban J connectivity index is 1.79. The number of aliphatic imine (C=N–C) groups is 1. The number of carbonyl (C=O) groups excluding carboxylic acids is 7. The smallest absolute Gasteiger partial charge is 0.327 e. The van der Waals surface area contributed by atoms with Gasteiger partial charge in [0.25, 0.3) is 0 Å². The van der Waals surface area contributed by atoms with E-state index in [4.69, 9.17) is 17.2 Å². The number of carboxylic acid groups (broad SMARTS) is 2. The van der Waals surface area contributed by atoms with Crippen LogP contribution in [0.25, 0.3) is 0 Å². The number of amides is 7. The van der Waals surface area contributed by atoms with Crippen LogP contribution in [0, 0.1) is 0 Å². The number of hydrogen-bond donors (Lipinski definition) is 12. The standard InChI is InChI=1S/C36H53N11O11S3/c1-18(41-31(53)23(15-59)44-29(51)20(37)13-19-7-3-2-4-8-19)28(50)42-21(9-5-11-40-36(38)39)30(52)45-24-16-60-61-17-25(35(57)58)46-33(55)26-10-6-12-47(26)34(56)22(14-27(48)49)43-32(24)54/h2-4,7-8,18,20-26,59H,5-6,9-17,37H2,1H3,(H,41,53)(H,42,50)(H,43,54)(H,44,51)(H,45,52)(H,46,55)(H,48,49)(H,57,58)(H4,38,39,40)/t18-,20-,21-,22-,23-,24-,25-,26-/m0/s1. The third-order valence-electron chi connectivity index (χ3n) is 9.41. The van der Waals surface area contributed by atoms with Gasteiger partial charge in [-0.25, -0.2) is 4.79 Å². The average molecular weight is 912 g/mol. The number of carboxylic acids is 2. The molecule has 3 rings (SSSR count). The van der Waals surface area contributed by atoms with Crippen LogP contribution in [0.15, 0.2) is 35.3 Å². The Morgan fingerprint density at radius 2 is 1.59 bits per heavy atom. The van der Waals surface area contributed by atoms with Crippen molar-refractivity contribution in [1.29, 1.82) is 0 Å². The third kappa shape index (κ3) is 16.3.